The van der Waals surface area contributed by atoms with Crippen LogP contribution in [-0.4, -0.2) is 60.0 Å². The third-order valence-electron chi connectivity index (χ3n) is 3.79. The van der Waals surface area contributed by atoms with Crippen molar-refractivity contribution in [1.29, 1.82) is 0 Å². The quantitative estimate of drug-likeness (QED) is 0.552. The van der Waals surface area contributed by atoms with Gasteiger partial charge in [-0.3, -0.25) is 10.1 Å². The van der Waals surface area contributed by atoms with Crippen LogP contribution in [0.4, 0.5) is 4.79 Å². The van der Waals surface area contributed by atoms with Gasteiger partial charge in [-0.1, -0.05) is 25.8 Å². The molecule has 2 aliphatic rings. The summed E-state index contributed by atoms with van der Waals surface area (Å²) in [6.45, 7) is 7.01. The van der Waals surface area contributed by atoms with Crippen LogP contribution in [0.5, 0.6) is 0 Å². The van der Waals surface area contributed by atoms with E-state index in [2.05, 4.69) is 29.1 Å². The van der Waals surface area contributed by atoms with E-state index in [4.69, 9.17) is 0 Å². The molecule has 2 aliphatic heterocycles. The summed E-state index contributed by atoms with van der Waals surface area (Å²) in [5, 5.41) is 5.58. The van der Waals surface area contributed by atoms with E-state index in [1.54, 1.807) is 13.1 Å². The van der Waals surface area contributed by atoms with Crippen molar-refractivity contribution in [2.75, 3.05) is 20.1 Å². The van der Waals surface area contributed by atoms with Gasteiger partial charge >= 0.3 is 6.03 Å². The Morgan fingerprint density at radius 1 is 1.38 bits per heavy atom. The minimum atomic E-state index is -0.423. The summed E-state index contributed by atoms with van der Waals surface area (Å²) in [4.78, 5) is 31.8. The van der Waals surface area contributed by atoms with Gasteiger partial charge in [0.2, 0.25) is 0 Å². The van der Waals surface area contributed by atoms with Crippen LogP contribution in [0.2, 0.25) is 0 Å². The molecule has 2 heterocycles. The number of amides is 3. The van der Waals surface area contributed by atoms with Crippen LogP contribution in [0.15, 0.2) is 17.6 Å². The van der Waals surface area contributed by atoms with Crippen molar-refractivity contribution in [1.82, 2.24) is 20.4 Å². The van der Waals surface area contributed by atoms with Crippen LogP contribution in [0.25, 0.3) is 0 Å². The number of nitrogens with zero attached hydrogens (tertiary/aromatic N) is 3. The number of imide groups is 1. The Kier molecular flexibility index (Phi) is 4.82. The zero-order valence-corrected chi connectivity index (χ0v) is 12.6. The fourth-order valence-electron chi connectivity index (χ4n) is 2.65. The first-order valence-electron chi connectivity index (χ1n) is 7.36. The van der Waals surface area contributed by atoms with Gasteiger partial charge in [-0.15, -0.1) is 6.58 Å². The van der Waals surface area contributed by atoms with Crippen LogP contribution >= 0.6 is 0 Å². The molecule has 2 fully saturated rings. The second kappa shape index (κ2) is 6.60. The van der Waals surface area contributed by atoms with Crippen LogP contribution in [0.3, 0.4) is 0 Å². The highest BCUT2D eigenvalue weighted by molar-refractivity contribution is 6.04. The Morgan fingerprint density at radius 3 is 2.81 bits per heavy atom. The van der Waals surface area contributed by atoms with Gasteiger partial charge < -0.3 is 15.1 Å². The van der Waals surface area contributed by atoms with Gasteiger partial charge in [-0.25, -0.2) is 9.79 Å². The van der Waals surface area contributed by atoms with Gasteiger partial charge in [0, 0.05) is 13.6 Å². The standard InChI is InChI=1S/C14H23N5O2/c1-4-6-7-9-19-10-11(16-13(19)15-8-5-2)18(3)14(21)17-12(10)20/h5,10-11H,2,4,6-9H2,1,3H3,(H,15,16)(H,17,20,21). The molecule has 0 spiro atoms. The first-order valence-corrected chi connectivity index (χ1v) is 7.36. The molecule has 0 aromatic heterocycles. The van der Waals surface area contributed by atoms with Crippen molar-refractivity contribution >= 4 is 17.9 Å². The van der Waals surface area contributed by atoms with Gasteiger partial charge in [-0.05, 0) is 6.42 Å². The number of hydrogen-bond donors (Lipinski definition) is 2. The molecule has 0 radical (unpaired) electrons. The average molecular weight is 293 g/mol. The van der Waals surface area contributed by atoms with Gasteiger partial charge in [-0.2, -0.15) is 0 Å². The Balaban J connectivity index is 2.21. The lowest BCUT2D eigenvalue weighted by Crippen LogP contribution is -2.64. The molecule has 0 aliphatic carbocycles. The number of urea groups is 1. The number of guanidine groups is 1. The SMILES string of the molecule is C=CCN=C1NC2C(C(=O)NC(=O)N2C)N1CCCCC. The minimum Gasteiger partial charge on any atom is -0.333 e. The lowest BCUT2D eigenvalue weighted by molar-refractivity contribution is -0.127. The first-order chi connectivity index (χ1) is 10.1. The Bertz CT molecular complexity index is 462. The summed E-state index contributed by atoms with van der Waals surface area (Å²) in [5.41, 5.74) is 0. The van der Waals surface area contributed by atoms with Crippen LogP contribution < -0.4 is 10.6 Å². The largest absolute Gasteiger partial charge is 0.333 e. The third-order valence-corrected chi connectivity index (χ3v) is 3.79. The lowest BCUT2D eigenvalue weighted by atomic mass is 10.1. The molecule has 2 saturated heterocycles. The summed E-state index contributed by atoms with van der Waals surface area (Å²) in [6.07, 6.45) is 4.53. The number of hydrogen-bond acceptors (Lipinski definition) is 3. The predicted molar refractivity (Wildman–Crippen MR) is 80.7 cm³/mol. The topological polar surface area (TPSA) is 77.0 Å². The number of nitrogens with one attached hydrogen (secondary N) is 2. The van der Waals surface area contributed by atoms with E-state index in [0.717, 1.165) is 25.8 Å². The van der Waals surface area contributed by atoms with Crippen molar-refractivity contribution in [3.63, 3.8) is 0 Å². The highest BCUT2D eigenvalue weighted by Gasteiger charge is 2.49. The van der Waals surface area contributed by atoms with Crippen LogP contribution in [0, 0.1) is 0 Å². The van der Waals surface area contributed by atoms with E-state index in [0.29, 0.717) is 12.5 Å². The molecule has 0 bridgehead atoms. The normalized spacial score (nSPS) is 26.7. The smallest absolute Gasteiger partial charge is 0.325 e. The molecule has 0 saturated carbocycles. The number of aliphatic imine (C=N–C) groups is 1. The average Bonchev–Trinajstić information content (AvgIpc) is 2.82. The minimum absolute atomic E-state index is 0.268. The molecular formula is C14H23N5O2. The zero-order chi connectivity index (χ0) is 15.4. The number of rotatable bonds is 6. The maximum absolute atomic E-state index is 12.2. The summed E-state index contributed by atoms with van der Waals surface area (Å²) >= 11 is 0. The molecule has 7 heteroatoms. The monoisotopic (exact) mass is 293 g/mol. The second-order valence-electron chi connectivity index (χ2n) is 5.29. The Hall–Kier alpha value is -2.05. The predicted octanol–water partition coefficient (Wildman–Crippen LogP) is 0.500. The van der Waals surface area contributed by atoms with Gasteiger partial charge in [0.15, 0.2) is 12.0 Å². The number of fused-ring (bicyclic) bond motifs is 1. The number of carbonyl (C=O) groups excluding carboxylic acids is 2. The van der Waals surface area contributed by atoms with E-state index in [1.165, 1.54) is 4.90 Å². The molecule has 2 unspecified atom stereocenters. The van der Waals surface area contributed by atoms with E-state index in [9.17, 15) is 9.59 Å². The maximum atomic E-state index is 12.2. The van der Waals surface area contributed by atoms with E-state index in [-0.39, 0.29) is 18.1 Å². The molecule has 3 amide bonds. The second-order valence-corrected chi connectivity index (χ2v) is 5.29. The number of likely N-dealkylation sites (N-methyl/N-ethyl adjacent to an activating group) is 1. The molecule has 2 N–H and O–H groups in total. The highest BCUT2D eigenvalue weighted by Crippen LogP contribution is 2.21. The summed E-state index contributed by atoms with van der Waals surface area (Å²) in [6, 6.07) is -0.805. The highest BCUT2D eigenvalue weighted by atomic mass is 16.2. The number of carbonyl (C=O) groups is 2. The van der Waals surface area contributed by atoms with Crippen molar-refractivity contribution in [3.8, 4) is 0 Å². The Morgan fingerprint density at radius 2 is 2.14 bits per heavy atom. The van der Waals surface area contributed by atoms with E-state index in [1.807, 2.05) is 4.90 Å². The van der Waals surface area contributed by atoms with Crippen molar-refractivity contribution in [2.24, 2.45) is 4.99 Å². The fourth-order valence-corrected chi connectivity index (χ4v) is 2.65. The molecule has 0 aromatic carbocycles. The molecular weight excluding hydrogens is 270 g/mol. The van der Waals surface area contributed by atoms with Gasteiger partial charge in [0.25, 0.3) is 5.91 Å². The molecule has 0 aromatic rings. The van der Waals surface area contributed by atoms with Gasteiger partial charge in [0.05, 0.1) is 6.54 Å². The summed E-state index contributed by atoms with van der Waals surface area (Å²) in [5.74, 6) is 0.397. The van der Waals surface area contributed by atoms with Crippen LogP contribution in [-0.2, 0) is 4.79 Å². The fraction of sp³-hybridized carbons (Fsp3) is 0.643. The molecule has 116 valence electrons. The molecule has 7 nitrogen and oxygen atoms in total. The van der Waals surface area contributed by atoms with E-state index >= 15 is 0 Å². The van der Waals surface area contributed by atoms with Crippen molar-refractivity contribution in [2.45, 2.75) is 38.4 Å². The molecule has 2 atom stereocenters. The third kappa shape index (κ3) is 3.01. The van der Waals surface area contributed by atoms with Crippen molar-refractivity contribution in [3.05, 3.63) is 12.7 Å². The summed E-state index contributed by atoms with van der Waals surface area (Å²) in [7, 11) is 1.67. The van der Waals surface area contributed by atoms with Crippen LogP contribution in [0.1, 0.15) is 26.2 Å². The lowest BCUT2D eigenvalue weighted by Gasteiger charge is -2.35. The Labute approximate surface area is 125 Å². The van der Waals surface area contributed by atoms with E-state index < -0.39 is 6.04 Å². The number of unbranched alkanes of at least 4 members (excludes halogenated alkanes) is 2. The van der Waals surface area contributed by atoms with Gasteiger partial charge in [0.1, 0.15) is 6.17 Å². The molecule has 2 rings (SSSR count). The first kappa shape index (κ1) is 15.3. The summed E-state index contributed by atoms with van der Waals surface area (Å²) < 4.78 is 0. The zero-order valence-electron chi connectivity index (χ0n) is 12.6. The maximum Gasteiger partial charge on any atom is 0.325 e. The van der Waals surface area contributed by atoms with Crippen molar-refractivity contribution < 1.29 is 9.59 Å². The molecule has 21 heavy (non-hydrogen) atoms.